The first kappa shape index (κ1) is 14.4. The maximum atomic E-state index is 12.4. The van der Waals surface area contributed by atoms with Crippen LogP contribution in [0.25, 0.3) is 10.9 Å². The van der Waals surface area contributed by atoms with Crippen LogP contribution >= 0.6 is 11.6 Å². The van der Waals surface area contributed by atoms with E-state index < -0.39 is 11.5 Å². The quantitative estimate of drug-likeness (QED) is 0.757. The van der Waals surface area contributed by atoms with Gasteiger partial charge in [-0.3, -0.25) is 9.59 Å². The number of anilines is 1. The second-order valence-corrected chi connectivity index (χ2v) is 5.40. The Morgan fingerprint density at radius 1 is 1.14 bits per heavy atom. The third-order valence-corrected chi connectivity index (χ3v) is 3.73. The molecule has 0 aliphatic heterocycles. The lowest BCUT2D eigenvalue weighted by Crippen LogP contribution is -2.25. The molecule has 0 radical (unpaired) electrons. The van der Waals surface area contributed by atoms with Crippen molar-refractivity contribution in [1.82, 2.24) is 4.98 Å². The average Bonchev–Trinajstić information content (AvgIpc) is 2.47. The van der Waals surface area contributed by atoms with E-state index in [0.29, 0.717) is 21.8 Å². The van der Waals surface area contributed by atoms with Crippen LogP contribution in [0, 0.1) is 6.92 Å². The number of halogens is 1. The monoisotopic (exact) mass is 312 g/mol. The summed E-state index contributed by atoms with van der Waals surface area (Å²) in [5.74, 6) is -0.452. The summed E-state index contributed by atoms with van der Waals surface area (Å²) in [6.07, 6.45) is 0. The van der Waals surface area contributed by atoms with Gasteiger partial charge >= 0.3 is 0 Å². The lowest BCUT2D eigenvalue weighted by Gasteiger charge is -2.09. The van der Waals surface area contributed by atoms with E-state index in [4.69, 9.17) is 11.6 Å². The number of carbonyl (C=O) groups excluding carboxylic acids is 1. The first-order valence-corrected chi connectivity index (χ1v) is 7.12. The normalized spacial score (nSPS) is 10.6. The van der Waals surface area contributed by atoms with Crippen molar-refractivity contribution in [3.63, 3.8) is 0 Å². The number of rotatable bonds is 2. The number of pyridine rings is 1. The number of carbonyl (C=O) groups is 1. The van der Waals surface area contributed by atoms with Crippen molar-refractivity contribution in [2.75, 3.05) is 5.32 Å². The summed E-state index contributed by atoms with van der Waals surface area (Å²) < 4.78 is 0. The van der Waals surface area contributed by atoms with Gasteiger partial charge in [0.05, 0.1) is 0 Å². The van der Waals surface area contributed by atoms with Gasteiger partial charge in [-0.2, -0.15) is 0 Å². The zero-order valence-corrected chi connectivity index (χ0v) is 12.6. The Morgan fingerprint density at radius 2 is 1.91 bits per heavy atom. The maximum Gasteiger partial charge on any atom is 0.261 e. The van der Waals surface area contributed by atoms with Crippen LogP contribution in [0.2, 0.25) is 5.02 Å². The predicted molar refractivity (Wildman–Crippen MR) is 88.7 cm³/mol. The number of hydrogen-bond acceptors (Lipinski definition) is 2. The van der Waals surface area contributed by atoms with Crippen molar-refractivity contribution in [2.45, 2.75) is 6.92 Å². The minimum atomic E-state index is -0.452. The van der Waals surface area contributed by atoms with Crippen LogP contribution < -0.4 is 10.9 Å². The van der Waals surface area contributed by atoms with Gasteiger partial charge in [0.2, 0.25) is 0 Å². The topological polar surface area (TPSA) is 62.0 Å². The zero-order chi connectivity index (χ0) is 15.7. The fraction of sp³-hybridized carbons (Fsp3) is 0.0588. The number of nitrogens with one attached hydrogen (secondary N) is 2. The molecular weight excluding hydrogens is 300 g/mol. The van der Waals surface area contributed by atoms with Crippen molar-refractivity contribution in [1.29, 1.82) is 0 Å². The second kappa shape index (κ2) is 5.66. The molecule has 1 amide bonds. The molecule has 0 spiro atoms. The zero-order valence-electron chi connectivity index (χ0n) is 11.8. The number of aryl methyl sites for hydroxylation is 1. The van der Waals surface area contributed by atoms with Gasteiger partial charge in [0, 0.05) is 21.6 Å². The van der Waals surface area contributed by atoms with Crippen LogP contribution in [0.3, 0.4) is 0 Å². The van der Waals surface area contributed by atoms with E-state index in [9.17, 15) is 9.59 Å². The smallest absolute Gasteiger partial charge is 0.261 e. The van der Waals surface area contributed by atoms with Gasteiger partial charge in [-0.1, -0.05) is 35.9 Å². The molecule has 0 aliphatic carbocycles. The van der Waals surface area contributed by atoms with Gasteiger partial charge in [0.1, 0.15) is 5.56 Å². The third kappa shape index (κ3) is 2.61. The van der Waals surface area contributed by atoms with Crippen LogP contribution in [0.4, 0.5) is 5.69 Å². The van der Waals surface area contributed by atoms with Crippen LogP contribution in [-0.2, 0) is 0 Å². The van der Waals surface area contributed by atoms with Crippen molar-refractivity contribution in [3.8, 4) is 0 Å². The highest BCUT2D eigenvalue weighted by atomic mass is 35.5. The summed E-state index contributed by atoms with van der Waals surface area (Å²) in [6, 6.07) is 14.2. The van der Waals surface area contributed by atoms with Crippen molar-refractivity contribution in [2.24, 2.45) is 0 Å². The summed E-state index contributed by atoms with van der Waals surface area (Å²) in [6.45, 7) is 1.77. The molecule has 3 aromatic rings. The minimum absolute atomic E-state index is 0.110. The highest BCUT2D eigenvalue weighted by molar-refractivity contribution is 6.31. The SMILES string of the molecule is Cc1c(C(=O)Nc2cccc(Cl)c2)c(=O)[nH]c2ccccc12. The Hall–Kier alpha value is -2.59. The molecule has 0 saturated carbocycles. The van der Waals surface area contributed by atoms with Crippen LogP contribution in [0.1, 0.15) is 15.9 Å². The van der Waals surface area contributed by atoms with E-state index in [-0.39, 0.29) is 5.56 Å². The average molecular weight is 313 g/mol. The van der Waals surface area contributed by atoms with Gasteiger partial charge < -0.3 is 10.3 Å². The van der Waals surface area contributed by atoms with Crippen molar-refractivity contribution >= 4 is 34.1 Å². The molecule has 110 valence electrons. The summed E-state index contributed by atoms with van der Waals surface area (Å²) in [5.41, 5.74) is 1.61. The van der Waals surface area contributed by atoms with Crippen LogP contribution in [0.15, 0.2) is 53.3 Å². The van der Waals surface area contributed by atoms with Crippen LogP contribution in [0.5, 0.6) is 0 Å². The second-order valence-electron chi connectivity index (χ2n) is 4.96. The predicted octanol–water partition coefficient (Wildman–Crippen LogP) is 3.74. The molecule has 22 heavy (non-hydrogen) atoms. The molecular formula is C17H13ClN2O2. The summed E-state index contributed by atoms with van der Waals surface area (Å²) in [4.78, 5) is 27.4. The number of H-pyrrole nitrogens is 1. The largest absolute Gasteiger partial charge is 0.322 e. The lowest BCUT2D eigenvalue weighted by molar-refractivity contribution is 0.102. The molecule has 0 aliphatic rings. The number of aromatic nitrogens is 1. The van der Waals surface area contributed by atoms with E-state index in [1.165, 1.54) is 0 Å². The Morgan fingerprint density at radius 3 is 2.68 bits per heavy atom. The van der Waals surface area contributed by atoms with Gasteiger partial charge in [0.25, 0.3) is 11.5 Å². The number of amides is 1. The van der Waals surface area contributed by atoms with E-state index in [0.717, 1.165) is 5.39 Å². The first-order valence-electron chi connectivity index (χ1n) is 6.75. The fourth-order valence-corrected chi connectivity index (χ4v) is 2.63. The molecule has 2 aromatic carbocycles. The molecule has 1 heterocycles. The highest BCUT2D eigenvalue weighted by Gasteiger charge is 2.16. The van der Waals surface area contributed by atoms with Gasteiger partial charge in [-0.15, -0.1) is 0 Å². The number of benzene rings is 2. The van der Waals surface area contributed by atoms with E-state index in [1.807, 2.05) is 24.3 Å². The molecule has 5 heteroatoms. The Balaban J connectivity index is 2.06. The molecule has 0 bridgehead atoms. The van der Waals surface area contributed by atoms with Crippen molar-refractivity contribution in [3.05, 3.63) is 75.0 Å². The Kier molecular flexibility index (Phi) is 3.69. The number of fused-ring (bicyclic) bond motifs is 1. The number of aromatic amines is 1. The standard InChI is InChI=1S/C17H13ClN2O2/c1-10-13-7-2-3-8-14(13)20-17(22)15(10)16(21)19-12-6-4-5-11(18)9-12/h2-9H,1H3,(H,19,21)(H,20,22). The molecule has 0 unspecified atom stereocenters. The first-order chi connectivity index (χ1) is 10.6. The Bertz CT molecular complexity index is 931. The summed E-state index contributed by atoms with van der Waals surface area (Å²) in [5, 5.41) is 4.06. The maximum absolute atomic E-state index is 12.4. The molecule has 0 atom stereocenters. The molecule has 3 rings (SSSR count). The van der Waals surface area contributed by atoms with Gasteiger partial charge in [-0.05, 0) is 36.8 Å². The molecule has 4 nitrogen and oxygen atoms in total. The minimum Gasteiger partial charge on any atom is -0.322 e. The van der Waals surface area contributed by atoms with Gasteiger partial charge in [0.15, 0.2) is 0 Å². The van der Waals surface area contributed by atoms with Crippen molar-refractivity contribution < 1.29 is 4.79 Å². The lowest BCUT2D eigenvalue weighted by atomic mass is 10.0. The highest BCUT2D eigenvalue weighted by Crippen LogP contribution is 2.19. The molecule has 2 N–H and O–H groups in total. The number of para-hydroxylation sites is 1. The number of hydrogen-bond donors (Lipinski definition) is 2. The summed E-state index contributed by atoms with van der Waals surface area (Å²) in [7, 11) is 0. The van der Waals surface area contributed by atoms with E-state index in [1.54, 1.807) is 31.2 Å². The fourth-order valence-electron chi connectivity index (χ4n) is 2.44. The van der Waals surface area contributed by atoms with Crippen LogP contribution in [-0.4, -0.2) is 10.9 Å². The molecule has 0 fully saturated rings. The molecule has 0 saturated heterocycles. The van der Waals surface area contributed by atoms with Gasteiger partial charge in [-0.25, -0.2) is 0 Å². The van der Waals surface area contributed by atoms with E-state index >= 15 is 0 Å². The third-order valence-electron chi connectivity index (χ3n) is 3.49. The Labute approximate surface area is 131 Å². The summed E-state index contributed by atoms with van der Waals surface area (Å²) >= 11 is 5.90. The van der Waals surface area contributed by atoms with E-state index in [2.05, 4.69) is 10.3 Å². The molecule has 1 aromatic heterocycles.